The highest BCUT2D eigenvalue weighted by molar-refractivity contribution is 5.53. The van der Waals surface area contributed by atoms with Gasteiger partial charge in [-0.15, -0.1) is 0 Å². The number of rotatable bonds is 6. The van der Waals surface area contributed by atoms with Gasteiger partial charge >= 0.3 is 0 Å². The third-order valence-electron chi connectivity index (χ3n) is 2.89. The molecule has 18 heavy (non-hydrogen) atoms. The average molecular weight is 250 g/mol. The first-order chi connectivity index (χ1) is 8.88. The summed E-state index contributed by atoms with van der Waals surface area (Å²) < 4.78 is 16.0. The van der Waals surface area contributed by atoms with E-state index >= 15 is 0 Å². The predicted octanol–water partition coefficient (Wildman–Crippen LogP) is 1.78. The number of carbonyl (C=O) groups is 1. The first-order valence-corrected chi connectivity index (χ1v) is 6.18. The second kappa shape index (κ2) is 7.26. The third kappa shape index (κ3) is 4.22. The molecule has 4 heteroatoms. The number of ether oxygens (including phenoxy) is 3. The molecule has 1 aliphatic rings. The minimum atomic E-state index is -0.675. The molecule has 0 amide bonds. The van der Waals surface area contributed by atoms with Crippen LogP contribution in [0.5, 0.6) is 0 Å². The summed E-state index contributed by atoms with van der Waals surface area (Å²) in [5, 5.41) is 0. The molecule has 98 valence electrons. The van der Waals surface area contributed by atoms with Gasteiger partial charge in [0, 0.05) is 12.5 Å². The topological polar surface area (TPSA) is 44.8 Å². The van der Waals surface area contributed by atoms with Gasteiger partial charge in [0.1, 0.15) is 0 Å². The van der Waals surface area contributed by atoms with Crippen LogP contribution in [0.25, 0.3) is 0 Å². The van der Waals surface area contributed by atoms with E-state index in [4.69, 9.17) is 14.2 Å². The van der Waals surface area contributed by atoms with Crippen LogP contribution in [0, 0.1) is 5.92 Å². The maximum Gasteiger partial charge on any atom is 0.214 e. The fraction of sp³-hybridized carbons (Fsp3) is 0.500. The standard InChI is InChI=1S/C14H18O4/c15-8-14-17-10-13(11-18-14)6-7-16-9-12-4-2-1-3-5-12/h1-5,8,13-14H,6-7,9-11H2. The molecule has 0 saturated carbocycles. The summed E-state index contributed by atoms with van der Waals surface area (Å²) in [6.07, 6.45) is 0.895. The Labute approximate surface area is 107 Å². The van der Waals surface area contributed by atoms with Crippen molar-refractivity contribution >= 4 is 6.29 Å². The molecule has 0 aliphatic carbocycles. The van der Waals surface area contributed by atoms with Gasteiger partial charge < -0.3 is 14.2 Å². The second-order valence-corrected chi connectivity index (χ2v) is 4.36. The summed E-state index contributed by atoms with van der Waals surface area (Å²) in [5.74, 6) is 0.317. The van der Waals surface area contributed by atoms with Crippen LogP contribution in [-0.4, -0.2) is 32.4 Å². The van der Waals surface area contributed by atoms with Gasteiger partial charge in [-0.05, 0) is 12.0 Å². The van der Waals surface area contributed by atoms with E-state index in [2.05, 4.69) is 0 Å². The Morgan fingerprint density at radius 1 is 1.22 bits per heavy atom. The van der Waals surface area contributed by atoms with Crippen LogP contribution in [-0.2, 0) is 25.6 Å². The maximum atomic E-state index is 10.4. The molecular weight excluding hydrogens is 232 g/mol. The van der Waals surface area contributed by atoms with Crippen molar-refractivity contribution in [2.45, 2.75) is 19.3 Å². The highest BCUT2D eigenvalue weighted by Gasteiger charge is 2.21. The van der Waals surface area contributed by atoms with Gasteiger partial charge in [0.25, 0.3) is 0 Å². The number of aldehydes is 1. The highest BCUT2D eigenvalue weighted by Crippen LogP contribution is 2.13. The lowest BCUT2D eigenvalue weighted by Crippen LogP contribution is -2.33. The Hall–Kier alpha value is -1.23. The van der Waals surface area contributed by atoms with Gasteiger partial charge in [-0.1, -0.05) is 30.3 Å². The summed E-state index contributed by atoms with van der Waals surface area (Å²) >= 11 is 0. The van der Waals surface area contributed by atoms with Gasteiger partial charge in [-0.2, -0.15) is 0 Å². The molecule has 0 radical (unpaired) electrons. The summed E-state index contributed by atoms with van der Waals surface area (Å²) in [4.78, 5) is 10.4. The Bertz CT molecular complexity index is 344. The zero-order valence-electron chi connectivity index (χ0n) is 10.3. The van der Waals surface area contributed by atoms with E-state index in [9.17, 15) is 4.79 Å². The molecule has 0 spiro atoms. The van der Waals surface area contributed by atoms with Crippen LogP contribution < -0.4 is 0 Å². The molecule has 4 nitrogen and oxygen atoms in total. The van der Waals surface area contributed by atoms with E-state index in [0.717, 1.165) is 6.42 Å². The van der Waals surface area contributed by atoms with Crippen molar-refractivity contribution in [3.8, 4) is 0 Å². The minimum Gasteiger partial charge on any atom is -0.377 e. The van der Waals surface area contributed by atoms with Crippen molar-refractivity contribution in [1.29, 1.82) is 0 Å². The van der Waals surface area contributed by atoms with Crippen LogP contribution in [0.3, 0.4) is 0 Å². The van der Waals surface area contributed by atoms with Crippen molar-refractivity contribution in [2.24, 2.45) is 5.92 Å². The normalized spacial score (nSPS) is 23.8. The quantitative estimate of drug-likeness (QED) is 0.570. The molecular formula is C14H18O4. The molecule has 0 N–H and O–H groups in total. The average Bonchev–Trinajstić information content (AvgIpc) is 2.45. The van der Waals surface area contributed by atoms with Gasteiger partial charge in [0.15, 0.2) is 6.29 Å². The lowest BCUT2D eigenvalue weighted by Gasteiger charge is -2.26. The lowest BCUT2D eigenvalue weighted by atomic mass is 10.1. The molecule has 0 atom stereocenters. The summed E-state index contributed by atoms with van der Waals surface area (Å²) in [7, 11) is 0. The third-order valence-corrected chi connectivity index (χ3v) is 2.89. The summed E-state index contributed by atoms with van der Waals surface area (Å²) in [6.45, 7) is 2.44. The summed E-state index contributed by atoms with van der Waals surface area (Å²) in [6, 6.07) is 10.1. The fourth-order valence-electron chi connectivity index (χ4n) is 1.82. The molecule has 1 saturated heterocycles. The van der Waals surface area contributed by atoms with E-state index in [1.54, 1.807) is 0 Å². The highest BCUT2D eigenvalue weighted by atomic mass is 16.7. The first kappa shape index (κ1) is 13.2. The van der Waals surface area contributed by atoms with E-state index < -0.39 is 6.29 Å². The molecule has 1 heterocycles. The molecule has 2 rings (SSSR count). The van der Waals surface area contributed by atoms with Gasteiger partial charge in [-0.3, -0.25) is 4.79 Å². The Morgan fingerprint density at radius 2 is 1.94 bits per heavy atom. The van der Waals surface area contributed by atoms with Crippen LogP contribution >= 0.6 is 0 Å². The van der Waals surface area contributed by atoms with E-state index in [0.29, 0.717) is 38.6 Å². The van der Waals surface area contributed by atoms with E-state index in [1.165, 1.54) is 5.56 Å². The van der Waals surface area contributed by atoms with Crippen molar-refractivity contribution < 1.29 is 19.0 Å². The molecule has 0 bridgehead atoms. The van der Waals surface area contributed by atoms with Crippen molar-refractivity contribution in [2.75, 3.05) is 19.8 Å². The van der Waals surface area contributed by atoms with Gasteiger partial charge in [-0.25, -0.2) is 0 Å². The van der Waals surface area contributed by atoms with E-state index in [1.807, 2.05) is 30.3 Å². The summed E-state index contributed by atoms with van der Waals surface area (Å²) in [5.41, 5.74) is 1.18. The lowest BCUT2D eigenvalue weighted by molar-refractivity contribution is -0.194. The van der Waals surface area contributed by atoms with Gasteiger partial charge in [0.05, 0.1) is 19.8 Å². The van der Waals surface area contributed by atoms with Crippen molar-refractivity contribution in [1.82, 2.24) is 0 Å². The molecule has 0 aromatic heterocycles. The number of hydrogen-bond donors (Lipinski definition) is 0. The van der Waals surface area contributed by atoms with Crippen LogP contribution in [0.2, 0.25) is 0 Å². The second-order valence-electron chi connectivity index (χ2n) is 4.36. The Morgan fingerprint density at radius 3 is 2.61 bits per heavy atom. The zero-order chi connectivity index (χ0) is 12.6. The Kier molecular flexibility index (Phi) is 5.33. The SMILES string of the molecule is O=CC1OCC(CCOCc2ccccc2)CO1. The number of benzene rings is 1. The predicted molar refractivity (Wildman–Crippen MR) is 66.0 cm³/mol. The molecule has 1 fully saturated rings. The van der Waals surface area contributed by atoms with Gasteiger partial charge in [0.2, 0.25) is 6.29 Å². The largest absolute Gasteiger partial charge is 0.377 e. The molecule has 0 unspecified atom stereocenters. The van der Waals surface area contributed by atoms with Crippen LogP contribution in [0.4, 0.5) is 0 Å². The Balaban J connectivity index is 1.58. The minimum absolute atomic E-state index is 0.317. The van der Waals surface area contributed by atoms with E-state index in [-0.39, 0.29) is 0 Å². The van der Waals surface area contributed by atoms with Crippen molar-refractivity contribution in [3.05, 3.63) is 35.9 Å². The first-order valence-electron chi connectivity index (χ1n) is 6.18. The molecule has 1 aromatic rings. The molecule has 1 aliphatic heterocycles. The monoisotopic (exact) mass is 250 g/mol. The smallest absolute Gasteiger partial charge is 0.214 e. The van der Waals surface area contributed by atoms with Crippen molar-refractivity contribution in [3.63, 3.8) is 0 Å². The van der Waals surface area contributed by atoms with Crippen LogP contribution in [0.15, 0.2) is 30.3 Å². The van der Waals surface area contributed by atoms with Crippen LogP contribution in [0.1, 0.15) is 12.0 Å². The number of carbonyl (C=O) groups excluding carboxylic acids is 1. The number of hydrogen-bond acceptors (Lipinski definition) is 4. The maximum absolute atomic E-state index is 10.4. The zero-order valence-corrected chi connectivity index (χ0v) is 10.3. The molecule has 1 aromatic carbocycles. The fourth-order valence-corrected chi connectivity index (χ4v) is 1.82.